The van der Waals surface area contributed by atoms with E-state index >= 15 is 0 Å². The van der Waals surface area contributed by atoms with Crippen molar-refractivity contribution in [1.82, 2.24) is 10.4 Å². The first-order valence-electron chi connectivity index (χ1n) is 6.28. The molecule has 0 fully saturated rings. The van der Waals surface area contributed by atoms with E-state index in [1.54, 1.807) is 11.3 Å². The number of hydrogen-bond acceptors (Lipinski definition) is 5. The van der Waals surface area contributed by atoms with Gasteiger partial charge in [-0.15, -0.1) is 11.3 Å². The van der Waals surface area contributed by atoms with Crippen molar-refractivity contribution in [3.05, 3.63) is 40.7 Å². The maximum Gasteiger partial charge on any atom is 0.0948 e. The Bertz CT molecular complexity index is 484. The first-order chi connectivity index (χ1) is 9.33. The van der Waals surface area contributed by atoms with Crippen LogP contribution in [-0.4, -0.2) is 23.0 Å². The number of hydrogen-bond donors (Lipinski definition) is 2. The van der Waals surface area contributed by atoms with Crippen molar-refractivity contribution < 1.29 is 0 Å². The maximum absolute atomic E-state index is 5.60. The Kier molecular flexibility index (Phi) is 5.85. The zero-order chi connectivity index (χ0) is 13.5. The lowest BCUT2D eigenvalue weighted by atomic mass is 10.1. The van der Waals surface area contributed by atoms with E-state index in [2.05, 4.69) is 29.2 Å². The summed E-state index contributed by atoms with van der Waals surface area (Å²) in [5.74, 6) is 6.71. The Hall–Kier alpha value is -0.880. The van der Waals surface area contributed by atoms with Gasteiger partial charge >= 0.3 is 0 Å². The van der Waals surface area contributed by atoms with E-state index in [4.69, 9.17) is 10.8 Å². The average molecular weight is 293 g/mol. The highest BCUT2D eigenvalue weighted by Crippen LogP contribution is 2.22. The van der Waals surface area contributed by atoms with Gasteiger partial charge in [-0.3, -0.25) is 11.3 Å². The van der Waals surface area contributed by atoms with Gasteiger partial charge in [-0.2, -0.15) is 11.8 Å². The van der Waals surface area contributed by atoms with Crippen LogP contribution in [0.15, 0.2) is 35.7 Å². The van der Waals surface area contributed by atoms with Crippen molar-refractivity contribution in [2.45, 2.75) is 18.9 Å². The highest BCUT2D eigenvalue weighted by molar-refractivity contribution is 7.98. The number of hydrazine groups is 1. The number of nitrogens with one attached hydrogen (secondary N) is 1. The predicted octanol–water partition coefficient (Wildman–Crippen LogP) is 2.94. The zero-order valence-electron chi connectivity index (χ0n) is 11.0. The molecule has 0 spiro atoms. The molecule has 0 aliphatic heterocycles. The van der Waals surface area contributed by atoms with E-state index in [-0.39, 0.29) is 0 Å². The predicted molar refractivity (Wildman–Crippen MR) is 85.4 cm³/mol. The molecule has 3 nitrogen and oxygen atoms in total. The van der Waals surface area contributed by atoms with E-state index in [9.17, 15) is 0 Å². The third-order valence-corrected chi connectivity index (χ3v) is 4.46. The number of nitrogens with zero attached hydrogens (tertiary/aromatic N) is 1. The largest absolute Gasteiger partial charge is 0.271 e. The van der Waals surface area contributed by atoms with Crippen LogP contribution in [0.25, 0.3) is 11.3 Å². The van der Waals surface area contributed by atoms with Crippen LogP contribution >= 0.6 is 23.1 Å². The first-order valence-corrected chi connectivity index (χ1v) is 8.55. The van der Waals surface area contributed by atoms with Crippen LogP contribution in [0.5, 0.6) is 0 Å². The van der Waals surface area contributed by atoms with Gasteiger partial charge in [0.05, 0.1) is 10.7 Å². The van der Waals surface area contributed by atoms with Crippen LogP contribution in [0.3, 0.4) is 0 Å². The summed E-state index contributed by atoms with van der Waals surface area (Å²) in [4.78, 5) is 4.69. The number of thiazole rings is 1. The highest BCUT2D eigenvalue weighted by Gasteiger charge is 2.11. The van der Waals surface area contributed by atoms with Gasteiger partial charge < -0.3 is 0 Å². The van der Waals surface area contributed by atoms with Crippen molar-refractivity contribution in [3.63, 3.8) is 0 Å². The second-order valence-corrected chi connectivity index (χ2v) is 6.27. The standard InChI is InChI=1S/C14H19N3S2/c1-18-8-7-12(17-15)9-14-16-13(10-19-14)11-5-3-2-4-6-11/h2-6,10,12,17H,7-9,15H2,1H3. The van der Waals surface area contributed by atoms with Gasteiger partial charge in [-0.25, -0.2) is 4.98 Å². The molecule has 2 rings (SSSR count). The maximum atomic E-state index is 5.60. The molecular formula is C14H19N3S2. The Morgan fingerprint density at radius 2 is 2.16 bits per heavy atom. The fraction of sp³-hybridized carbons (Fsp3) is 0.357. The number of rotatable bonds is 7. The van der Waals surface area contributed by atoms with E-state index in [1.165, 1.54) is 5.56 Å². The minimum atomic E-state index is 0.308. The number of benzene rings is 1. The van der Waals surface area contributed by atoms with Gasteiger partial charge in [-0.1, -0.05) is 30.3 Å². The molecule has 19 heavy (non-hydrogen) atoms. The first kappa shape index (κ1) is 14.5. The summed E-state index contributed by atoms with van der Waals surface area (Å²) in [6.07, 6.45) is 4.08. The molecule has 1 heterocycles. The van der Waals surface area contributed by atoms with Crippen LogP contribution in [0.2, 0.25) is 0 Å². The van der Waals surface area contributed by atoms with Crippen LogP contribution < -0.4 is 11.3 Å². The quantitative estimate of drug-likeness (QED) is 0.609. The summed E-state index contributed by atoms with van der Waals surface area (Å²) in [5.41, 5.74) is 5.12. The minimum Gasteiger partial charge on any atom is -0.271 e. The van der Waals surface area contributed by atoms with Crippen LogP contribution in [0, 0.1) is 0 Å². The average Bonchev–Trinajstić information content (AvgIpc) is 2.93. The molecule has 2 aromatic rings. The summed E-state index contributed by atoms with van der Waals surface area (Å²) in [5, 5.41) is 3.26. The third-order valence-electron chi connectivity index (χ3n) is 2.95. The molecule has 0 aliphatic carbocycles. The van der Waals surface area contributed by atoms with E-state index in [0.29, 0.717) is 6.04 Å². The highest BCUT2D eigenvalue weighted by atomic mass is 32.2. The molecule has 0 aliphatic rings. The van der Waals surface area contributed by atoms with E-state index < -0.39 is 0 Å². The number of thioether (sulfide) groups is 1. The Morgan fingerprint density at radius 1 is 1.37 bits per heavy atom. The fourth-order valence-corrected chi connectivity index (χ4v) is 3.27. The molecule has 0 amide bonds. The van der Waals surface area contributed by atoms with Gasteiger partial charge in [0.2, 0.25) is 0 Å². The molecule has 0 saturated heterocycles. The smallest absolute Gasteiger partial charge is 0.0948 e. The van der Waals surface area contributed by atoms with Crippen molar-refractivity contribution >= 4 is 23.1 Å². The lowest BCUT2D eigenvalue weighted by molar-refractivity contribution is 0.513. The summed E-state index contributed by atoms with van der Waals surface area (Å²) in [6, 6.07) is 10.6. The monoisotopic (exact) mass is 293 g/mol. The molecular weight excluding hydrogens is 274 g/mol. The fourth-order valence-electron chi connectivity index (χ4n) is 1.86. The summed E-state index contributed by atoms with van der Waals surface area (Å²) in [7, 11) is 0. The Labute approximate surface area is 122 Å². The molecule has 102 valence electrons. The molecule has 5 heteroatoms. The van der Waals surface area contributed by atoms with Crippen LogP contribution in [0.4, 0.5) is 0 Å². The molecule has 0 radical (unpaired) electrons. The molecule has 3 N–H and O–H groups in total. The van der Waals surface area contributed by atoms with Crippen molar-refractivity contribution in [3.8, 4) is 11.3 Å². The minimum absolute atomic E-state index is 0.308. The molecule has 1 atom stereocenters. The van der Waals surface area contributed by atoms with Crippen molar-refractivity contribution in [1.29, 1.82) is 0 Å². The van der Waals surface area contributed by atoms with Gasteiger partial charge in [0, 0.05) is 23.4 Å². The lowest BCUT2D eigenvalue weighted by Crippen LogP contribution is -2.37. The SMILES string of the molecule is CSCCC(Cc1nc(-c2ccccc2)cs1)NN. The normalized spacial score (nSPS) is 12.5. The summed E-state index contributed by atoms with van der Waals surface area (Å²) >= 11 is 3.55. The Morgan fingerprint density at radius 3 is 2.84 bits per heavy atom. The Balaban J connectivity index is 2.01. The lowest BCUT2D eigenvalue weighted by Gasteiger charge is -2.13. The second-order valence-electron chi connectivity index (χ2n) is 4.34. The van der Waals surface area contributed by atoms with Crippen LogP contribution in [-0.2, 0) is 6.42 Å². The molecule has 1 aromatic carbocycles. The number of nitrogens with two attached hydrogens (primary N) is 1. The molecule has 0 bridgehead atoms. The molecule has 0 saturated carbocycles. The summed E-state index contributed by atoms with van der Waals surface area (Å²) < 4.78 is 0. The van der Waals surface area contributed by atoms with E-state index in [0.717, 1.165) is 29.3 Å². The van der Waals surface area contributed by atoms with Gasteiger partial charge in [0.25, 0.3) is 0 Å². The van der Waals surface area contributed by atoms with Gasteiger partial charge in [0.1, 0.15) is 0 Å². The van der Waals surface area contributed by atoms with Crippen molar-refractivity contribution in [2.24, 2.45) is 5.84 Å². The van der Waals surface area contributed by atoms with Crippen molar-refractivity contribution in [2.75, 3.05) is 12.0 Å². The van der Waals surface area contributed by atoms with E-state index in [1.807, 2.05) is 30.0 Å². The van der Waals surface area contributed by atoms with Gasteiger partial charge in [0.15, 0.2) is 0 Å². The molecule has 1 unspecified atom stereocenters. The third kappa shape index (κ3) is 4.31. The van der Waals surface area contributed by atoms with Crippen LogP contribution in [0.1, 0.15) is 11.4 Å². The zero-order valence-corrected chi connectivity index (χ0v) is 12.6. The van der Waals surface area contributed by atoms with Gasteiger partial charge in [-0.05, 0) is 18.4 Å². The second kappa shape index (κ2) is 7.65. The topological polar surface area (TPSA) is 50.9 Å². The molecule has 1 aromatic heterocycles. The summed E-state index contributed by atoms with van der Waals surface area (Å²) in [6.45, 7) is 0. The number of aromatic nitrogens is 1.